The normalized spacial score (nSPS) is 27.2. The predicted octanol–water partition coefficient (Wildman–Crippen LogP) is 5.44. The second-order valence-corrected chi connectivity index (χ2v) is 6.20. The molecule has 1 fully saturated rings. The fraction of sp³-hybridized carbons (Fsp3) is 0.238. The second kappa shape index (κ2) is 5.04. The Hall–Kier alpha value is -2.08. The first-order valence-corrected chi connectivity index (χ1v) is 7.87. The SMILES string of the molecule is CC1[C@H]2C(c3ccccc3)=CCC=C(c3ccccc3)[C@@H]12. The Labute approximate surface area is 126 Å². The average Bonchev–Trinajstić information content (AvgIpc) is 3.24. The number of hydrogen-bond donors (Lipinski definition) is 0. The highest BCUT2D eigenvalue weighted by molar-refractivity contribution is 5.80. The molecule has 0 saturated heterocycles. The highest BCUT2D eigenvalue weighted by Crippen LogP contribution is 2.60. The van der Waals surface area contributed by atoms with Gasteiger partial charge in [0.1, 0.15) is 0 Å². The first-order valence-electron chi connectivity index (χ1n) is 7.87. The molecule has 4 rings (SSSR count). The summed E-state index contributed by atoms with van der Waals surface area (Å²) in [7, 11) is 0. The van der Waals surface area contributed by atoms with Crippen LogP contribution in [0.1, 0.15) is 24.5 Å². The van der Waals surface area contributed by atoms with Crippen molar-refractivity contribution in [1.82, 2.24) is 0 Å². The smallest absolute Gasteiger partial charge is 0.00556 e. The van der Waals surface area contributed by atoms with Gasteiger partial charge in [-0.3, -0.25) is 0 Å². The Balaban J connectivity index is 1.68. The monoisotopic (exact) mass is 272 g/mol. The molecular weight excluding hydrogens is 252 g/mol. The van der Waals surface area contributed by atoms with Gasteiger partial charge in [0.2, 0.25) is 0 Å². The van der Waals surface area contributed by atoms with Gasteiger partial charge in [0.15, 0.2) is 0 Å². The fourth-order valence-electron chi connectivity index (χ4n) is 3.88. The molecule has 0 N–H and O–H groups in total. The minimum Gasteiger partial charge on any atom is -0.0766 e. The lowest BCUT2D eigenvalue weighted by atomic mass is 9.97. The van der Waals surface area contributed by atoms with Gasteiger partial charge in [-0.2, -0.15) is 0 Å². The van der Waals surface area contributed by atoms with Crippen LogP contribution in [-0.4, -0.2) is 0 Å². The van der Waals surface area contributed by atoms with E-state index in [1.54, 1.807) is 11.1 Å². The van der Waals surface area contributed by atoms with Crippen molar-refractivity contribution in [3.05, 3.63) is 83.9 Å². The van der Waals surface area contributed by atoms with Crippen molar-refractivity contribution in [2.75, 3.05) is 0 Å². The van der Waals surface area contributed by atoms with Crippen molar-refractivity contribution in [2.45, 2.75) is 13.3 Å². The zero-order valence-electron chi connectivity index (χ0n) is 12.4. The lowest BCUT2D eigenvalue weighted by Crippen LogP contribution is -1.91. The van der Waals surface area contributed by atoms with Crippen LogP contribution in [0, 0.1) is 17.8 Å². The molecule has 2 aromatic rings. The van der Waals surface area contributed by atoms with Gasteiger partial charge < -0.3 is 0 Å². The summed E-state index contributed by atoms with van der Waals surface area (Å²) in [6, 6.07) is 21.8. The van der Waals surface area contributed by atoms with Crippen LogP contribution in [0.4, 0.5) is 0 Å². The molecule has 0 nitrogen and oxygen atoms in total. The first kappa shape index (κ1) is 12.6. The summed E-state index contributed by atoms with van der Waals surface area (Å²) < 4.78 is 0. The summed E-state index contributed by atoms with van der Waals surface area (Å²) in [6.07, 6.45) is 5.92. The van der Waals surface area contributed by atoms with Crippen molar-refractivity contribution in [1.29, 1.82) is 0 Å². The molecule has 2 aliphatic rings. The molecule has 2 aliphatic carbocycles. The Kier molecular flexibility index (Phi) is 3.03. The van der Waals surface area contributed by atoms with E-state index < -0.39 is 0 Å². The first-order chi connectivity index (χ1) is 10.4. The second-order valence-electron chi connectivity index (χ2n) is 6.20. The fourth-order valence-corrected chi connectivity index (χ4v) is 3.88. The molecule has 3 atom stereocenters. The molecule has 21 heavy (non-hydrogen) atoms. The lowest BCUT2D eigenvalue weighted by Gasteiger charge is -2.07. The quantitative estimate of drug-likeness (QED) is 0.683. The van der Waals surface area contributed by atoms with Gasteiger partial charge in [-0.1, -0.05) is 79.7 Å². The third-order valence-electron chi connectivity index (χ3n) is 4.99. The van der Waals surface area contributed by atoms with E-state index in [0.29, 0.717) is 11.8 Å². The van der Waals surface area contributed by atoms with Gasteiger partial charge in [-0.25, -0.2) is 0 Å². The molecule has 104 valence electrons. The number of fused-ring (bicyclic) bond motifs is 1. The largest absolute Gasteiger partial charge is 0.0766 e. The Bertz CT molecular complexity index is 630. The van der Waals surface area contributed by atoms with E-state index in [1.165, 1.54) is 11.1 Å². The summed E-state index contributed by atoms with van der Waals surface area (Å²) in [6.45, 7) is 2.40. The molecule has 0 spiro atoms. The molecule has 0 radical (unpaired) electrons. The van der Waals surface area contributed by atoms with E-state index in [1.807, 2.05) is 0 Å². The molecule has 1 saturated carbocycles. The van der Waals surface area contributed by atoms with E-state index >= 15 is 0 Å². The molecule has 0 aromatic heterocycles. The Morgan fingerprint density at radius 2 is 1.10 bits per heavy atom. The van der Waals surface area contributed by atoms with E-state index in [0.717, 1.165) is 12.3 Å². The van der Waals surface area contributed by atoms with E-state index in [4.69, 9.17) is 0 Å². The average molecular weight is 272 g/mol. The van der Waals surface area contributed by atoms with Crippen LogP contribution >= 0.6 is 0 Å². The predicted molar refractivity (Wildman–Crippen MR) is 89.6 cm³/mol. The van der Waals surface area contributed by atoms with Gasteiger partial charge in [0.05, 0.1) is 0 Å². The molecule has 0 aliphatic heterocycles. The maximum atomic E-state index is 2.44. The molecule has 1 unspecified atom stereocenters. The summed E-state index contributed by atoms with van der Waals surface area (Å²) in [5.74, 6) is 2.14. The van der Waals surface area contributed by atoms with Crippen molar-refractivity contribution < 1.29 is 0 Å². The summed E-state index contributed by atoms with van der Waals surface area (Å²) in [4.78, 5) is 0. The van der Waals surface area contributed by atoms with Gasteiger partial charge in [0, 0.05) is 0 Å². The molecular formula is C21H20. The summed E-state index contributed by atoms with van der Waals surface area (Å²) in [5.41, 5.74) is 5.91. The number of rotatable bonds is 2. The topological polar surface area (TPSA) is 0 Å². The molecule has 0 heterocycles. The van der Waals surface area contributed by atoms with Crippen LogP contribution in [0.25, 0.3) is 11.1 Å². The van der Waals surface area contributed by atoms with Crippen molar-refractivity contribution in [3.63, 3.8) is 0 Å². The zero-order valence-corrected chi connectivity index (χ0v) is 12.4. The van der Waals surface area contributed by atoms with Crippen LogP contribution in [0.3, 0.4) is 0 Å². The number of benzene rings is 2. The summed E-state index contributed by atoms with van der Waals surface area (Å²) in [5, 5.41) is 0. The highest BCUT2D eigenvalue weighted by atomic mass is 14.5. The molecule has 0 amide bonds. The maximum Gasteiger partial charge on any atom is -0.00556 e. The Morgan fingerprint density at radius 1 is 0.667 bits per heavy atom. The maximum absolute atomic E-state index is 2.44. The van der Waals surface area contributed by atoms with Gasteiger partial charge in [0.25, 0.3) is 0 Å². The van der Waals surface area contributed by atoms with Crippen LogP contribution in [0.5, 0.6) is 0 Å². The van der Waals surface area contributed by atoms with Crippen molar-refractivity contribution in [2.24, 2.45) is 17.8 Å². The molecule has 0 heteroatoms. The molecule has 2 aromatic carbocycles. The van der Waals surface area contributed by atoms with Crippen molar-refractivity contribution >= 4 is 11.1 Å². The third kappa shape index (κ3) is 2.15. The minimum absolute atomic E-state index is 0.696. The van der Waals surface area contributed by atoms with E-state index in [9.17, 15) is 0 Å². The van der Waals surface area contributed by atoms with Crippen molar-refractivity contribution in [3.8, 4) is 0 Å². The Morgan fingerprint density at radius 3 is 1.52 bits per heavy atom. The number of hydrogen-bond acceptors (Lipinski definition) is 0. The van der Waals surface area contributed by atoms with E-state index in [-0.39, 0.29) is 0 Å². The molecule has 0 bridgehead atoms. The standard InChI is InChI=1S/C21H20/c1-15-20-18(16-9-4-2-5-10-16)13-8-14-19(21(15)20)17-11-6-3-7-12-17/h2-7,9-15,20-21H,8H2,1H3/t15?,20-,21+. The van der Waals surface area contributed by atoms with Crippen LogP contribution in [0.15, 0.2) is 72.8 Å². The van der Waals surface area contributed by atoms with E-state index in [2.05, 4.69) is 79.7 Å². The number of allylic oxidation sites excluding steroid dienone is 4. The van der Waals surface area contributed by atoms with Crippen LogP contribution < -0.4 is 0 Å². The van der Waals surface area contributed by atoms with Gasteiger partial charge in [-0.05, 0) is 46.4 Å². The minimum atomic E-state index is 0.696. The van der Waals surface area contributed by atoms with Crippen LogP contribution in [-0.2, 0) is 0 Å². The summed E-state index contributed by atoms with van der Waals surface area (Å²) >= 11 is 0. The van der Waals surface area contributed by atoms with Gasteiger partial charge >= 0.3 is 0 Å². The van der Waals surface area contributed by atoms with Gasteiger partial charge in [-0.15, -0.1) is 0 Å². The highest BCUT2D eigenvalue weighted by Gasteiger charge is 2.51. The lowest BCUT2D eigenvalue weighted by molar-refractivity contribution is 0.887. The third-order valence-corrected chi connectivity index (χ3v) is 4.99. The van der Waals surface area contributed by atoms with Crippen LogP contribution in [0.2, 0.25) is 0 Å². The zero-order chi connectivity index (χ0) is 14.2.